The van der Waals surface area contributed by atoms with Gasteiger partial charge in [-0.3, -0.25) is 4.79 Å². The fraction of sp³-hybridized carbons (Fsp3) is 0.182. The van der Waals surface area contributed by atoms with Gasteiger partial charge in [-0.15, -0.1) is 5.10 Å². The van der Waals surface area contributed by atoms with Crippen LogP contribution in [0, 0.1) is 6.92 Å². The van der Waals surface area contributed by atoms with E-state index in [2.05, 4.69) is 15.1 Å². The Balaban J connectivity index is 1.55. The molecule has 0 aliphatic heterocycles. The molecule has 0 saturated heterocycles. The van der Waals surface area contributed by atoms with E-state index >= 15 is 0 Å². The fourth-order valence-electron chi connectivity index (χ4n) is 3.70. The van der Waals surface area contributed by atoms with Gasteiger partial charge in [-0.1, -0.05) is 53.6 Å². The monoisotopic (exact) mass is 388 g/mol. The minimum atomic E-state index is 0.0769. The molecule has 28 heavy (non-hydrogen) atoms. The van der Waals surface area contributed by atoms with Crippen molar-refractivity contribution >= 4 is 23.2 Å². The molecule has 0 spiro atoms. The molecule has 4 aromatic rings. The highest BCUT2D eigenvalue weighted by molar-refractivity contribution is 6.30. The molecule has 5 rings (SSSR count). The summed E-state index contributed by atoms with van der Waals surface area (Å²) in [6, 6.07) is 15.7. The molecule has 0 amide bonds. The lowest BCUT2D eigenvalue weighted by atomic mass is 9.82. The molecule has 2 aromatic heterocycles. The van der Waals surface area contributed by atoms with E-state index in [4.69, 9.17) is 11.6 Å². The van der Waals surface area contributed by atoms with E-state index < -0.39 is 0 Å². The van der Waals surface area contributed by atoms with Crippen LogP contribution in [0.15, 0.2) is 54.7 Å². The molecule has 0 fully saturated rings. The summed E-state index contributed by atoms with van der Waals surface area (Å²) < 4.78 is 1.60. The number of benzene rings is 2. The first-order valence-corrected chi connectivity index (χ1v) is 9.56. The zero-order chi connectivity index (χ0) is 19.3. The van der Waals surface area contributed by atoms with Gasteiger partial charge in [0.05, 0.1) is 11.3 Å². The van der Waals surface area contributed by atoms with Gasteiger partial charge in [0, 0.05) is 23.2 Å². The summed E-state index contributed by atoms with van der Waals surface area (Å²) in [6.07, 6.45) is 2.89. The van der Waals surface area contributed by atoms with E-state index in [0.717, 1.165) is 16.8 Å². The van der Waals surface area contributed by atoms with Crippen LogP contribution >= 0.6 is 11.6 Å². The second-order valence-electron chi connectivity index (χ2n) is 7.23. The van der Waals surface area contributed by atoms with Crippen LogP contribution in [0.4, 0.5) is 0 Å². The molecule has 0 N–H and O–H groups in total. The number of Topliss-reactive ketones (excluding diaryl/α,β-unsaturated/α-hetero) is 1. The summed E-state index contributed by atoms with van der Waals surface area (Å²) in [5.41, 5.74) is 4.58. The Labute approximate surface area is 167 Å². The van der Waals surface area contributed by atoms with Crippen molar-refractivity contribution in [3.05, 3.63) is 82.1 Å². The van der Waals surface area contributed by atoms with E-state index in [1.165, 1.54) is 5.56 Å². The predicted molar refractivity (Wildman–Crippen MR) is 108 cm³/mol. The molecule has 0 saturated carbocycles. The normalized spacial score (nSPS) is 16.4. The maximum atomic E-state index is 12.8. The number of hydrogen-bond acceptors (Lipinski definition) is 4. The van der Waals surface area contributed by atoms with E-state index in [-0.39, 0.29) is 11.7 Å². The quantitative estimate of drug-likeness (QED) is 0.500. The van der Waals surface area contributed by atoms with Gasteiger partial charge in [0.25, 0.3) is 5.78 Å². The van der Waals surface area contributed by atoms with E-state index in [1.807, 2.05) is 55.5 Å². The first-order valence-electron chi connectivity index (χ1n) is 9.19. The van der Waals surface area contributed by atoms with E-state index in [0.29, 0.717) is 35.0 Å². The van der Waals surface area contributed by atoms with Crippen molar-refractivity contribution in [2.75, 3.05) is 0 Å². The van der Waals surface area contributed by atoms with Crippen LogP contribution in [0.5, 0.6) is 0 Å². The Morgan fingerprint density at radius 3 is 2.68 bits per heavy atom. The van der Waals surface area contributed by atoms with Crippen molar-refractivity contribution in [3.63, 3.8) is 0 Å². The second-order valence-corrected chi connectivity index (χ2v) is 7.67. The topological polar surface area (TPSA) is 60.1 Å². The minimum Gasteiger partial charge on any atom is -0.294 e. The van der Waals surface area contributed by atoms with Crippen molar-refractivity contribution < 1.29 is 4.79 Å². The van der Waals surface area contributed by atoms with E-state index in [1.54, 1.807) is 10.7 Å². The van der Waals surface area contributed by atoms with Crippen molar-refractivity contribution in [1.82, 2.24) is 19.6 Å². The molecule has 2 heterocycles. The largest absolute Gasteiger partial charge is 0.294 e. The second kappa shape index (κ2) is 6.53. The lowest BCUT2D eigenvalue weighted by Crippen LogP contribution is -2.21. The maximum absolute atomic E-state index is 12.8. The lowest BCUT2D eigenvalue weighted by Gasteiger charge is -2.23. The Morgan fingerprint density at radius 1 is 1.07 bits per heavy atom. The lowest BCUT2D eigenvalue weighted by molar-refractivity contribution is 0.0962. The number of nitrogens with zero attached hydrogens (tertiary/aromatic N) is 4. The fourth-order valence-corrected chi connectivity index (χ4v) is 3.90. The number of fused-ring (bicyclic) bond motifs is 2. The summed E-state index contributed by atoms with van der Waals surface area (Å²) >= 11 is 6.13. The van der Waals surface area contributed by atoms with Crippen LogP contribution in [0.3, 0.4) is 0 Å². The smallest absolute Gasteiger partial charge is 0.252 e. The minimum absolute atomic E-state index is 0.0769. The third-order valence-electron chi connectivity index (χ3n) is 5.21. The number of rotatable bonds is 2. The first-order chi connectivity index (χ1) is 13.6. The molecule has 2 aromatic carbocycles. The van der Waals surface area contributed by atoms with Crippen LogP contribution in [-0.2, 0) is 6.42 Å². The third kappa shape index (κ3) is 2.98. The van der Waals surface area contributed by atoms with Crippen LogP contribution < -0.4 is 0 Å². The van der Waals surface area contributed by atoms with Gasteiger partial charge in [0.2, 0.25) is 0 Å². The molecule has 5 nitrogen and oxygen atoms in total. The van der Waals surface area contributed by atoms with Gasteiger partial charge in [-0.05, 0) is 37.0 Å². The highest BCUT2D eigenvalue weighted by Crippen LogP contribution is 2.33. The Morgan fingerprint density at radius 2 is 1.89 bits per heavy atom. The SMILES string of the molecule is Cc1ccc(-c2nc3nc4c(cn3n2)C(=O)CC(c2cccc(Cl)c2)C4)cc1. The molecular formula is C22H17ClN4O. The molecule has 1 aliphatic carbocycles. The first kappa shape index (κ1) is 17.1. The zero-order valence-corrected chi connectivity index (χ0v) is 16.0. The third-order valence-corrected chi connectivity index (χ3v) is 5.45. The molecule has 1 atom stereocenters. The molecule has 6 heteroatoms. The number of carbonyl (C=O) groups is 1. The number of aromatic nitrogens is 4. The van der Waals surface area contributed by atoms with Gasteiger partial charge >= 0.3 is 0 Å². The van der Waals surface area contributed by atoms with Crippen LogP contribution in [0.25, 0.3) is 17.2 Å². The van der Waals surface area contributed by atoms with E-state index in [9.17, 15) is 4.79 Å². The molecular weight excluding hydrogens is 372 g/mol. The number of hydrogen-bond donors (Lipinski definition) is 0. The Kier molecular flexibility index (Phi) is 3.98. The molecule has 138 valence electrons. The Bertz CT molecular complexity index is 1210. The molecule has 1 unspecified atom stereocenters. The van der Waals surface area contributed by atoms with Crippen molar-refractivity contribution in [2.45, 2.75) is 25.7 Å². The Hall–Kier alpha value is -3.05. The molecule has 1 aliphatic rings. The predicted octanol–water partition coefficient (Wildman–Crippen LogP) is 4.67. The highest BCUT2D eigenvalue weighted by atomic mass is 35.5. The van der Waals surface area contributed by atoms with Crippen molar-refractivity contribution in [1.29, 1.82) is 0 Å². The van der Waals surface area contributed by atoms with Gasteiger partial charge in [0.15, 0.2) is 11.6 Å². The summed E-state index contributed by atoms with van der Waals surface area (Å²) in [6.45, 7) is 2.04. The van der Waals surface area contributed by atoms with Gasteiger partial charge < -0.3 is 0 Å². The summed E-state index contributed by atoms with van der Waals surface area (Å²) in [7, 11) is 0. The summed E-state index contributed by atoms with van der Waals surface area (Å²) in [4.78, 5) is 22.0. The number of ketones is 1. The van der Waals surface area contributed by atoms with Crippen LogP contribution in [0.1, 0.15) is 39.5 Å². The number of carbonyl (C=O) groups excluding carboxylic acids is 1. The average Bonchev–Trinajstić information content (AvgIpc) is 3.10. The average molecular weight is 389 g/mol. The highest BCUT2D eigenvalue weighted by Gasteiger charge is 2.28. The molecule has 0 bridgehead atoms. The van der Waals surface area contributed by atoms with Gasteiger partial charge in [-0.2, -0.15) is 4.98 Å². The number of aryl methyl sites for hydroxylation is 1. The van der Waals surface area contributed by atoms with Crippen LogP contribution in [-0.4, -0.2) is 25.4 Å². The van der Waals surface area contributed by atoms with Gasteiger partial charge in [-0.25, -0.2) is 9.50 Å². The van der Waals surface area contributed by atoms with Crippen LogP contribution in [0.2, 0.25) is 5.02 Å². The molecule has 0 radical (unpaired) electrons. The maximum Gasteiger partial charge on any atom is 0.252 e. The summed E-state index contributed by atoms with van der Waals surface area (Å²) in [5, 5.41) is 5.20. The van der Waals surface area contributed by atoms with Crippen molar-refractivity contribution in [2.24, 2.45) is 0 Å². The summed E-state index contributed by atoms with van der Waals surface area (Å²) in [5.74, 6) is 1.27. The van der Waals surface area contributed by atoms with Gasteiger partial charge in [0.1, 0.15) is 0 Å². The standard InChI is InChI=1S/C22H17ClN4O/c1-13-5-7-14(8-6-13)21-25-22-24-19-10-16(15-3-2-4-17(23)9-15)11-20(28)18(19)12-27(22)26-21/h2-9,12,16H,10-11H2,1H3. The number of halogens is 1. The zero-order valence-electron chi connectivity index (χ0n) is 15.3. The van der Waals surface area contributed by atoms with Crippen molar-refractivity contribution in [3.8, 4) is 11.4 Å².